The van der Waals surface area contributed by atoms with Gasteiger partial charge in [-0.25, -0.2) is 4.98 Å². The number of benzene rings is 2. The van der Waals surface area contributed by atoms with E-state index in [1.165, 1.54) is 6.08 Å². The Kier molecular flexibility index (Phi) is 8.36. The lowest BCUT2D eigenvalue weighted by Gasteiger charge is -2.49. The van der Waals surface area contributed by atoms with Crippen molar-refractivity contribution in [1.29, 1.82) is 0 Å². The van der Waals surface area contributed by atoms with Crippen LogP contribution in [0.3, 0.4) is 0 Å². The SMILES string of the molecule is C=CC(=O)N1CCC(N2CCN3c4ccc(Nc5ncc(Cl)c(Nc6ccccc6P(C)(C)=O)n5)cc4OC[C@@H]3C2)CC1. The third kappa shape index (κ3) is 6.37. The van der Waals surface area contributed by atoms with Gasteiger partial charge in [-0.15, -0.1) is 0 Å². The molecule has 43 heavy (non-hydrogen) atoms. The van der Waals surface area contributed by atoms with Crippen LogP contribution in [0.1, 0.15) is 12.8 Å². The fourth-order valence-electron chi connectivity index (χ4n) is 6.20. The maximum absolute atomic E-state index is 12.8. The highest BCUT2D eigenvalue weighted by Gasteiger charge is 2.36. The van der Waals surface area contributed by atoms with Crippen molar-refractivity contribution in [3.8, 4) is 5.75 Å². The standard InChI is InChI=1S/C31H37ClN7O3P/c1-4-29(40)37-13-11-22(12-14-37)38-15-16-39-23(19-38)20-42-27-17-21(9-10-26(27)39)34-31-33-18-24(32)30(36-31)35-25-7-5-6-8-28(25)43(2,3)41/h4-10,17-18,22-23H,1,11-16,19-20H2,2-3H3,(H2,33,34,35,36)/t23-/m0/s1. The largest absolute Gasteiger partial charge is 0.489 e. The molecule has 0 unspecified atom stereocenters. The zero-order chi connectivity index (χ0) is 30.1. The Bertz CT molecular complexity index is 1570. The van der Waals surface area contributed by atoms with E-state index < -0.39 is 7.14 Å². The second kappa shape index (κ2) is 12.2. The van der Waals surface area contributed by atoms with Crippen LogP contribution >= 0.6 is 18.7 Å². The van der Waals surface area contributed by atoms with Crippen LogP contribution in [0.25, 0.3) is 0 Å². The average molecular weight is 622 g/mol. The van der Waals surface area contributed by atoms with Crippen LogP contribution in [0.5, 0.6) is 5.75 Å². The number of piperidine rings is 1. The molecule has 4 heterocycles. The minimum Gasteiger partial charge on any atom is -0.489 e. The molecule has 3 aromatic rings. The van der Waals surface area contributed by atoms with Gasteiger partial charge in [0, 0.05) is 55.8 Å². The van der Waals surface area contributed by atoms with Crippen LogP contribution in [-0.4, -0.2) is 90.4 Å². The number of ether oxygens (including phenoxy) is 1. The quantitative estimate of drug-likeness (QED) is 0.281. The number of nitrogens with one attached hydrogen (secondary N) is 2. The van der Waals surface area contributed by atoms with Gasteiger partial charge >= 0.3 is 0 Å². The molecule has 3 aliphatic rings. The third-order valence-electron chi connectivity index (χ3n) is 8.42. The number of aromatic nitrogens is 2. The van der Waals surface area contributed by atoms with Crippen molar-refractivity contribution in [2.24, 2.45) is 0 Å². The van der Waals surface area contributed by atoms with Gasteiger partial charge in [0.05, 0.1) is 23.6 Å². The molecule has 2 saturated heterocycles. The zero-order valence-electron chi connectivity index (χ0n) is 24.5. The molecule has 0 radical (unpaired) electrons. The Morgan fingerprint density at radius 1 is 1.09 bits per heavy atom. The van der Waals surface area contributed by atoms with E-state index >= 15 is 0 Å². The number of piperazine rings is 1. The number of anilines is 5. The highest BCUT2D eigenvalue weighted by molar-refractivity contribution is 7.70. The minimum absolute atomic E-state index is 0.0287. The summed E-state index contributed by atoms with van der Waals surface area (Å²) in [5.41, 5.74) is 2.59. The number of hydrogen-bond donors (Lipinski definition) is 2. The lowest BCUT2D eigenvalue weighted by atomic mass is 9.99. The molecule has 0 bridgehead atoms. The molecule has 10 nitrogen and oxygen atoms in total. The predicted octanol–water partition coefficient (Wildman–Crippen LogP) is 4.93. The first-order chi connectivity index (χ1) is 20.7. The number of carbonyl (C=O) groups is 1. The van der Waals surface area contributed by atoms with E-state index in [2.05, 4.69) is 43.0 Å². The van der Waals surface area contributed by atoms with Gasteiger partial charge in [-0.05, 0) is 56.5 Å². The van der Waals surface area contributed by atoms with Crippen LogP contribution in [0.4, 0.5) is 28.8 Å². The Hall–Kier alpha value is -3.59. The molecule has 0 saturated carbocycles. The highest BCUT2D eigenvalue weighted by Crippen LogP contribution is 2.40. The molecular formula is C31H37ClN7O3P. The first kappa shape index (κ1) is 29.5. The van der Waals surface area contributed by atoms with Gasteiger partial charge in [0.15, 0.2) is 5.82 Å². The summed E-state index contributed by atoms with van der Waals surface area (Å²) in [6, 6.07) is 14.3. The average Bonchev–Trinajstić information content (AvgIpc) is 3.01. The molecule has 1 amide bonds. The van der Waals surface area contributed by atoms with E-state index in [1.807, 2.05) is 41.3 Å². The number of likely N-dealkylation sites (tertiary alicyclic amines) is 1. The van der Waals surface area contributed by atoms with Gasteiger partial charge in [-0.2, -0.15) is 4.98 Å². The van der Waals surface area contributed by atoms with Crippen LogP contribution in [0, 0.1) is 0 Å². The Labute approximate surface area is 257 Å². The van der Waals surface area contributed by atoms with Gasteiger partial charge in [0.1, 0.15) is 24.5 Å². The topological polar surface area (TPSA) is 103 Å². The summed E-state index contributed by atoms with van der Waals surface area (Å²) in [5, 5.41) is 7.60. The van der Waals surface area contributed by atoms with Crippen LogP contribution < -0.4 is 25.6 Å². The minimum atomic E-state index is -2.52. The normalized spacial score (nSPS) is 19.2. The maximum atomic E-state index is 12.8. The number of halogens is 1. The van der Waals surface area contributed by atoms with E-state index in [1.54, 1.807) is 19.5 Å². The molecule has 2 fully saturated rings. The van der Waals surface area contributed by atoms with Crippen molar-refractivity contribution in [3.63, 3.8) is 0 Å². The lowest BCUT2D eigenvalue weighted by molar-refractivity contribution is -0.127. The van der Waals surface area contributed by atoms with Crippen molar-refractivity contribution in [2.45, 2.75) is 24.9 Å². The number of fused-ring (bicyclic) bond motifs is 3. The maximum Gasteiger partial charge on any atom is 0.245 e. The second-order valence-corrected chi connectivity index (χ2v) is 15.2. The van der Waals surface area contributed by atoms with Crippen LogP contribution in [0.15, 0.2) is 61.3 Å². The summed E-state index contributed by atoms with van der Waals surface area (Å²) in [7, 11) is -2.52. The Morgan fingerprint density at radius 3 is 2.65 bits per heavy atom. The first-order valence-electron chi connectivity index (χ1n) is 14.6. The van der Waals surface area contributed by atoms with Gasteiger partial charge in [0.25, 0.3) is 0 Å². The molecule has 6 rings (SSSR count). The molecule has 0 spiro atoms. The van der Waals surface area contributed by atoms with E-state index in [0.717, 1.165) is 68.0 Å². The molecule has 12 heteroatoms. The van der Waals surface area contributed by atoms with Crippen molar-refractivity contribution in [1.82, 2.24) is 19.8 Å². The number of para-hydroxylation sites is 1. The van der Waals surface area contributed by atoms with Gasteiger partial charge in [-0.3, -0.25) is 9.69 Å². The Morgan fingerprint density at radius 2 is 1.88 bits per heavy atom. The van der Waals surface area contributed by atoms with Crippen molar-refractivity contribution in [3.05, 3.63) is 66.3 Å². The van der Waals surface area contributed by atoms with Crippen LogP contribution in [0.2, 0.25) is 5.02 Å². The van der Waals surface area contributed by atoms with Gasteiger partial charge in [-0.1, -0.05) is 30.3 Å². The summed E-state index contributed by atoms with van der Waals surface area (Å²) in [6.45, 7) is 12.1. The van der Waals surface area contributed by atoms with Gasteiger partial charge < -0.3 is 29.7 Å². The number of hydrogen-bond acceptors (Lipinski definition) is 9. The molecule has 1 atom stereocenters. The number of amides is 1. The van der Waals surface area contributed by atoms with Crippen LogP contribution in [-0.2, 0) is 9.36 Å². The van der Waals surface area contributed by atoms with Crippen molar-refractivity contribution < 1.29 is 14.1 Å². The fourth-order valence-corrected chi connectivity index (χ4v) is 7.50. The third-order valence-corrected chi connectivity index (χ3v) is 10.2. The second-order valence-electron chi connectivity index (χ2n) is 11.6. The molecule has 2 aromatic carbocycles. The van der Waals surface area contributed by atoms with Crippen molar-refractivity contribution in [2.75, 3.05) is 68.2 Å². The molecule has 226 valence electrons. The Balaban J connectivity index is 1.11. The predicted molar refractivity (Wildman–Crippen MR) is 174 cm³/mol. The fraction of sp³-hybridized carbons (Fsp3) is 0.387. The smallest absolute Gasteiger partial charge is 0.245 e. The number of carbonyl (C=O) groups excluding carboxylic acids is 1. The monoisotopic (exact) mass is 621 g/mol. The summed E-state index contributed by atoms with van der Waals surface area (Å²) in [5.74, 6) is 1.66. The molecular weight excluding hydrogens is 585 g/mol. The zero-order valence-corrected chi connectivity index (χ0v) is 26.2. The van der Waals surface area contributed by atoms with Gasteiger partial charge in [0.2, 0.25) is 11.9 Å². The molecule has 2 N–H and O–H groups in total. The highest BCUT2D eigenvalue weighted by atomic mass is 35.5. The van der Waals surface area contributed by atoms with E-state index in [0.29, 0.717) is 35.1 Å². The van der Waals surface area contributed by atoms with E-state index in [4.69, 9.17) is 16.3 Å². The first-order valence-corrected chi connectivity index (χ1v) is 17.6. The van der Waals surface area contributed by atoms with Crippen molar-refractivity contribution >= 4 is 58.8 Å². The lowest BCUT2D eigenvalue weighted by Crippen LogP contribution is -2.60. The molecule has 1 aromatic heterocycles. The van der Waals surface area contributed by atoms with E-state index in [9.17, 15) is 9.36 Å². The number of nitrogens with zero attached hydrogens (tertiary/aromatic N) is 5. The molecule has 3 aliphatic heterocycles. The summed E-state index contributed by atoms with van der Waals surface area (Å²) in [6.07, 6.45) is 4.94. The summed E-state index contributed by atoms with van der Waals surface area (Å²) >= 11 is 6.43. The summed E-state index contributed by atoms with van der Waals surface area (Å²) < 4.78 is 19.1. The van der Waals surface area contributed by atoms with E-state index in [-0.39, 0.29) is 11.9 Å². The molecule has 0 aliphatic carbocycles. The summed E-state index contributed by atoms with van der Waals surface area (Å²) in [4.78, 5) is 27.8. The number of rotatable bonds is 7.